The highest BCUT2D eigenvalue weighted by molar-refractivity contribution is 7.99. The van der Waals surface area contributed by atoms with Gasteiger partial charge in [0.1, 0.15) is 0 Å². The van der Waals surface area contributed by atoms with Crippen molar-refractivity contribution >= 4 is 29.1 Å². The van der Waals surface area contributed by atoms with Gasteiger partial charge in [0.2, 0.25) is 0 Å². The molecule has 6 nitrogen and oxygen atoms in total. The van der Waals surface area contributed by atoms with Crippen LogP contribution in [0.5, 0.6) is 0 Å². The molecule has 108 valence electrons. The van der Waals surface area contributed by atoms with Crippen LogP contribution in [-0.4, -0.2) is 36.6 Å². The largest absolute Gasteiger partial charge is 0.481 e. The van der Waals surface area contributed by atoms with Crippen LogP contribution in [0, 0.1) is 6.92 Å². The lowest BCUT2D eigenvalue weighted by molar-refractivity contribution is -0.133. The molecule has 8 heteroatoms. The molecule has 0 aliphatic heterocycles. The van der Waals surface area contributed by atoms with Gasteiger partial charge in [-0.25, -0.2) is 4.98 Å². The molecule has 0 saturated carbocycles. The highest BCUT2D eigenvalue weighted by Crippen LogP contribution is 2.32. The molecule has 0 radical (unpaired) electrons. The van der Waals surface area contributed by atoms with E-state index in [1.165, 1.54) is 11.8 Å². The van der Waals surface area contributed by atoms with E-state index in [9.17, 15) is 4.79 Å². The number of thioether (sulfide) groups is 1. The number of aromatic nitrogens is 4. The maximum Gasteiger partial charge on any atom is 0.313 e. The van der Waals surface area contributed by atoms with Gasteiger partial charge in [-0.1, -0.05) is 11.8 Å². The van der Waals surface area contributed by atoms with Crippen molar-refractivity contribution in [3.63, 3.8) is 0 Å². The Hall–Kier alpha value is -1.41. The summed E-state index contributed by atoms with van der Waals surface area (Å²) in [6.45, 7) is 8.06. The fourth-order valence-electron chi connectivity index (χ4n) is 1.72. The molecule has 2 aromatic rings. The summed E-state index contributed by atoms with van der Waals surface area (Å²) < 4.78 is 1.97. The molecule has 2 rings (SSSR count). The van der Waals surface area contributed by atoms with Gasteiger partial charge in [0, 0.05) is 11.7 Å². The van der Waals surface area contributed by atoms with Gasteiger partial charge >= 0.3 is 5.97 Å². The Morgan fingerprint density at radius 1 is 1.45 bits per heavy atom. The third kappa shape index (κ3) is 3.18. The smallest absolute Gasteiger partial charge is 0.313 e. The molecule has 0 aliphatic rings. The zero-order chi connectivity index (χ0) is 14.9. The Morgan fingerprint density at radius 3 is 2.65 bits per heavy atom. The van der Waals surface area contributed by atoms with Crippen molar-refractivity contribution in [2.45, 2.75) is 38.4 Å². The van der Waals surface area contributed by atoms with Crippen molar-refractivity contribution in [1.82, 2.24) is 19.7 Å². The predicted molar refractivity (Wildman–Crippen MR) is 79.2 cm³/mol. The van der Waals surface area contributed by atoms with Gasteiger partial charge in [-0.3, -0.25) is 9.36 Å². The number of aliphatic carboxylic acids is 1. The topological polar surface area (TPSA) is 80.9 Å². The van der Waals surface area contributed by atoms with Gasteiger partial charge in [-0.15, -0.1) is 21.5 Å². The van der Waals surface area contributed by atoms with Crippen LogP contribution in [0.15, 0.2) is 11.4 Å². The van der Waals surface area contributed by atoms with E-state index >= 15 is 0 Å². The third-order valence-electron chi connectivity index (χ3n) is 2.47. The Morgan fingerprint density at radius 2 is 2.15 bits per heavy atom. The number of carboxylic acid groups (broad SMARTS) is 1. The van der Waals surface area contributed by atoms with E-state index in [0.29, 0.717) is 5.16 Å². The standard InChI is InChI=1S/C12H16N4O2S2/c1-7-13-5-8(20-7)10-14-15-11(19-6-9(17)18)16(10)12(2,3)4/h5H,6H2,1-4H3,(H,17,18). The van der Waals surface area contributed by atoms with Gasteiger partial charge in [0.15, 0.2) is 11.0 Å². The Balaban J connectivity index is 2.45. The van der Waals surface area contributed by atoms with Crippen LogP contribution < -0.4 is 0 Å². The molecule has 0 amide bonds. The first-order valence-corrected chi connectivity index (χ1v) is 7.82. The number of hydrogen-bond donors (Lipinski definition) is 1. The lowest BCUT2D eigenvalue weighted by atomic mass is 10.1. The van der Waals surface area contributed by atoms with Crippen LogP contribution in [0.2, 0.25) is 0 Å². The monoisotopic (exact) mass is 312 g/mol. The molecule has 0 aromatic carbocycles. The van der Waals surface area contributed by atoms with Gasteiger partial charge in [-0.2, -0.15) is 0 Å². The summed E-state index contributed by atoms with van der Waals surface area (Å²) in [4.78, 5) is 15.9. The van der Waals surface area contributed by atoms with Crippen LogP contribution in [0.1, 0.15) is 25.8 Å². The maximum atomic E-state index is 10.7. The van der Waals surface area contributed by atoms with E-state index in [2.05, 4.69) is 15.2 Å². The van der Waals surface area contributed by atoms with Crippen molar-refractivity contribution in [2.75, 3.05) is 5.75 Å². The molecule has 2 aromatic heterocycles. The summed E-state index contributed by atoms with van der Waals surface area (Å²) in [6, 6.07) is 0. The van der Waals surface area contributed by atoms with Crippen LogP contribution >= 0.6 is 23.1 Å². The minimum atomic E-state index is -0.867. The first-order chi connectivity index (χ1) is 9.29. The first kappa shape index (κ1) is 15.0. The van der Waals surface area contributed by atoms with E-state index in [1.807, 2.05) is 32.3 Å². The number of carbonyl (C=O) groups is 1. The molecule has 0 bridgehead atoms. The first-order valence-electron chi connectivity index (χ1n) is 6.02. The van der Waals surface area contributed by atoms with Crippen LogP contribution in [0.4, 0.5) is 0 Å². The fraction of sp³-hybridized carbons (Fsp3) is 0.500. The maximum absolute atomic E-state index is 10.7. The lowest BCUT2D eigenvalue weighted by Gasteiger charge is -2.24. The van der Waals surface area contributed by atoms with E-state index in [1.54, 1.807) is 17.5 Å². The van der Waals surface area contributed by atoms with Crippen molar-refractivity contribution in [2.24, 2.45) is 0 Å². The van der Waals surface area contributed by atoms with E-state index in [-0.39, 0.29) is 11.3 Å². The highest BCUT2D eigenvalue weighted by atomic mass is 32.2. The molecule has 0 unspecified atom stereocenters. The molecule has 0 atom stereocenters. The summed E-state index contributed by atoms with van der Waals surface area (Å²) in [5, 5.41) is 18.7. The summed E-state index contributed by atoms with van der Waals surface area (Å²) in [5.41, 5.74) is -0.239. The van der Waals surface area contributed by atoms with Crippen molar-refractivity contribution < 1.29 is 9.90 Å². The van der Waals surface area contributed by atoms with Crippen molar-refractivity contribution in [3.05, 3.63) is 11.2 Å². The number of nitrogens with zero attached hydrogens (tertiary/aromatic N) is 4. The minimum absolute atomic E-state index is 0.0318. The summed E-state index contributed by atoms with van der Waals surface area (Å²) in [5.74, 6) is -0.166. The summed E-state index contributed by atoms with van der Waals surface area (Å²) in [7, 11) is 0. The molecule has 2 heterocycles. The quantitative estimate of drug-likeness (QED) is 0.874. The van der Waals surface area contributed by atoms with Gasteiger partial charge in [-0.05, 0) is 27.7 Å². The van der Waals surface area contributed by atoms with Crippen LogP contribution in [0.3, 0.4) is 0 Å². The second kappa shape index (κ2) is 5.53. The molecule has 0 saturated heterocycles. The Kier molecular flexibility index (Phi) is 4.14. The number of thiazole rings is 1. The second-order valence-corrected chi connectivity index (χ2v) is 7.42. The van der Waals surface area contributed by atoms with Crippen LogP contribution in [0.25, 0.3) is 10.7 Å². The fourth-order valence-corrected chi connectivity index (χ4v) is 3.31. The SMILES string of the molecule is Cc1ncc(-c2nnc(SCC(=O)O)n2C(C)(C)C)s1. The summed E-state index contributed by atoms with van der Waals surface area (Å²) in [6.07, 6.45) is 1.78. The van der Waals surface area contributed by atoms with E-state index in [0.717, 1.165) is 15.7 Å². The average molecular weight is 312 g/mol. The lowest BCUT2D eigenvalue weighted by Crippen LogP contribution is -2.23. The molecule has 20 heavy (non-hydrogen) atoms. The number of carboxylic acids is 1. The zero-order valence-electron chi connectivity index (χ0n) is 11.7. The van der Waals surface area contributed by atoms with Crippen molar-refractivity contribution in [3.8, 4) is 10.7 Å². The number of rotatable bonds is 4. The van der Waals surface area contributed by atoms with E-state index < -0.39 is 5.97 Å². The molecule has 0 fully saturated rings. The minimum Gasteiger partial charge on any atom is -0.481 e. The summed E-state index contributed by atoms with van der Waals surface area (Å²) >= 11 is 2.73. The molecular weight excluding hydrogens is 296 g/mol. The number of aryl methyl sites for hydroxylation is 1. The third-order valence-corrected chi connectivity index (χ3v) is 4.29. The molecule has 1 N–H and O–H groups in total. The molecule has 0 aliphatic carbocycles. The Bertz CT molecular complexity index is 628. The normalized spacial score (nSPS) is 11.8. The van der Waals surface area contributed by atoms with Gasteiger partial charge in [0.05, 0.1) is 15.6 Å². The Labute approximate surface area is 125 Å². The highest BCUT2D eigenvalue weighted by Gasteiger charge is 2.25. The van der Waals surface area contributed by atoms with Gasteiger partial charge < -0.3 is 5.11 Å². The van der Waals surface area contributed by atoms with E-state index in [4.69, 9.17) is 5.11 Å². The number of hydrogen-bond acceptors (Lipinski definition) is 6. The molecule has 0 spiro atoms. The average Bonchev–Trinajstić information content (AvgIpc) is 2.90. The molecular formula is C12H16N4O2S2. The zero-order valence-corrected chi connectivity index (χ0v) is 13.4. The van der Waals surface area contributed by atoms with Crippen molar-refractivity contribution in [1.29, 1.82) is 0 Å². The second-order valence-electron chi connectivity index (χ2n) is 5.24. The van der Waals surface area contributed by atoms with Gasteiger partial charge in [0.25, 0.3) is 0 Å². The van der Waals surface area contributed by atoms with Crippen LogP contribution in [-0.2, 0) is 10.3 Å². The predicted octanol–water partition coefficient (Wildman–Crippen LogP) is 2.64.